The number of nitrogens with one attached hydrogen (secondary N) is 1. The van der Waals surface area contributed by atoms with Crippen LogP contribution in [0.3, 0.4) is 0 Å². The fourth-order valence-corrected chi connectivity index (χ4v) is 4.39. The van der Waals surface area contributed by atoms with Gasteiger partial charge in [-0.1, -0.05) is 25.4 Å². The minimum Gasteiger partial charge on any atom is -0.357 e. The predicted octanol–water partition coefficient (Wildman–Crippen LogP) is 2.26. The van der Waals surface area contributed by atoms with Crippen molar-refractivity contribution in [3.8, 4) is 0 Å². The zero-order chi connectivity index (χ0) is 17.1. The molecule has 2 aliphatic rings. The first-order chi connectivity index (χ1) is 11.3. The number of carbonyl (C=O) groups is 2. The molecule has 2 aromatic rings. The molecule has 1 spiro atoms. The smallest absolute Gasteiger partial charge is 0.233 e. The number of fused-ring (bicyclic) bond motifs is 1. The Balaban J connectivity index is 1.72. The van der Waals surface area contributed by atoms with Gasteiger partial charge in [-0.2, -0.15) is 0 Å². The first-order valence-electron chi connectivity index (χ1n) is 8.03. The molecule has 4 rings (SSSR count). The number of rotatable bonds is 1. The van der Waals surface area contributed by atoms with Crippen LogP contribution in [-0.2, 0) is 9.59 Å². The number of pyridine rings is 1. The molecule has 0 radical (unpaired) electrons. The molecule has 0 saturated carbocycles. The number of anilines is 1. The number of imidazole rings is 1. The van der Waals surface area contributed by atoms with E-state index in [-0.39, 0.29) is 23.7 Å². The van der Waals surface area contributed by atoms with Crippen LogP contribution in [0.5, 0.6) is 0 Å². The molecule has 1 atom stereocenters. The lowest BCUT2D eigenvalue weighted by Crippen LogP contribution is -2.56. The molecule has 2 aliphatic heterocycles. The number of imide groups is 1. The van der Waals surface area contributed by atoms with E-state index in [4.69, 9.17) is 11.6 Å². The van der Waals surface area contributed by atoms with E-state index in [1.165, 1.54) is 0 Å². The van der Waals surface area contributed by atoms with Crippen molar-refractivity contribution in [1.82, 2.24) is 14.7 Å². The quantitative estimate of drug-likeness (QED) is 0.804. The summed E-state index contributed by atoms with van der Waals surface area (Å²) in [4.78, 5) is 30.7. The number of carbonyl (C=O) groups excluding carboxylic acids is 2. The van der Waals surface area contributed by atoms with Gasteiger partial charge in [0.2, 0.25) is 11.8 Å². The average molecular weight is 347 g/mol. The Labute approximate surface area is 144 Å². The zero-order valence-corrected chi connectivity index (χ0v) is 14.4. The Kier molecular flexibility index (Phi) is 3.19. The van der Waals surface area contributed by atoms with Crippen LogP contribution >= 0.6 is 11.6 Å². The summed E-state index contributed by atoms with van der Waals surface area (Å²) in [6.07, 6.45) is 4.46. The van der Waals surface area contributed by atoms with E-state index in [0.29, 0.717) is 24.5 Å². The second kappa shape index (κ2) is 4.96. The maximum atomic E-state index is 12.5. The first-order valence-corrected chi connectivity index (χ1v) is 8.41. The van der Waals surface area contributed by atoms with E-state index in [1.807, 2.05) is 16.5 Å². The SMILES string of the molecule is CC1(C)CN(c2cc(Cl)cc3cncn23)CC[C@]12CC(=O)NC2=O. The van der Waals surface area contributed by atoms with Gasteiger partial charge < -0.3 is 4.90 Å². The number of piperidine rings is 1. The number of hydrogen-bond acceptors (Lipinski definition) is 4. The lowest BCUT2D eigenvalue weighted by atomic mass is 9.60. The Morgan fingerprint density at radius 1 is 1.29 bits per heavy atom. The second-order valence-electron chi connectivity index (χ2n) is 7.41. The van der Waals surface area contributed by atoms with Crippen LogP contribution in [0.4, 0.5) is 5.82 Å². The standard InChI is InChI=1S/C17H19ClN4O2/c1-16(2)9-21(4-3-17(16)7-13(23)20-15(17)24)14-6-11(18)5-12-8-19-10-22(12)14/h5-6,8,10H,3-4,7,9H2,1-2H3,(H,20,23,24)/t17-/m1/s1. The van der Waals surface area contributed by atoms with E-state index >= 15 is 0 Å². The molecule has 2 saturated heterocycles. The molecule has 0 bridgehead atoms. The van der Waals surface area contributed by atoms with E-state index in [1.54, 1.807) is 12.5 Å². The highest BCUT2D eigenvalue weighted by Crippen LogP contribution is 2.51. The van der Waals surface area contributed by atoms with Gasteiger partial charge in [-0.25, -0.2) is 4.98 Å². The summed E-state index contributed by atoms with van der Waals surface area (Å²) in [6.45, 7) is 5.49. The number of halogens is 1. The van der Waals surface area contributed by atoms with Crippen molar-refractivity contribution in [1.29, 1.82) is 0 Å². The Hall–Kier alpha value is -2.08. The van der Waals surface area contributed by atoms with Crippen LogP contribution in [-0.4, -0.2) is 34.3 Å². The third-order valence-electron chi connectivity index (χ3n) is 5.63. The van der Waals surface area contributed by atoms with Gasteiger partial charge in [0, 0.05) is 24.5 Å². The summed E-state index contributed by atoms with van der Waals surface area (Å²) in [5, 5.41) is 3.15. The Morgan fingerprint density at radius 2 is 2.08 bits per heavy atom. The van der Waals surface area contributed by atoms with Gasteiger partial charge in [0.15, 0.2) is 0 Å². The Bertz CT molecular complexity index is 859. The van der Waals surface area contributed by atoms with Crippen LogP contribution in [0.2, 0.25) is 5.02 Å². The third-order valence-corrected chi connectivity index (χ3v) is 5.85. The minimum atomic E-state index is -0.618. The van der Waals surface area contributed by atoms with Crippen LogP contribution in [0, 0.1) is 10.8 Å². The maximum absolute atomic E-state index is 12.5. The second-order valence-corrected chi connectivity index (χ2v) is 7.85. The van der Waals surface area contributed by atoms with E-state index in [0.717, 1.165) is 11.3 Å². The highest BCUT2D eigenvalue weighted by atomic mass is 35.5. The number of nitrogens with zero attached hydrogens (tertiary/aromatic N) is 3. The molecular formula is C17H19ClN4O2. The van der Waals surface area contributed by atoms with Crippen molar-refractivity contribution < 1.29 is 9.59 Å². The van der Waals surface area contributed by atoms with E-state index < -0.39 is 5.41 Å². The molecule has 126 valence electrons. The van der Waals surface area contributed by atoms with Crippen LogP contribution in [0.15, 0.2) is 24.7 Å². The summed E-state index contributed by atoms with van der Waals surface area (Å²) >= 11 is 6.26. The summed E-state index contributed by atoms with van der Waals surface area (Å²) in [6, 6.07) is 3.79. The normalized spacial score (nSPS) is 26.4. The number of hydrogen-bond donors (Lipinski definition) is 1. The first kappa shape index (κ1) is 15.4. The lowest BCUT2D eigenvalue weighted by Gasteiger charge is -2.50. The van der Waals surface area contributed by atoms with Gasteiger partial charge in [0.05, 0.1) is 17.1 Å². The molecule has 4 heterocycles. The summed E-state index contributed by atoms with van der Waals surface area (Å²) in [5.41, 5.74) is -0.0198. The van der Waals surface area contributed by atoms with Gasteiger partial charge >= 0.3 is 0 Å². The number of amides is 2. The lowest BCUT2D eigenvalue weighted by molar-refractivity contribution is -0.135. The van der Waals surface area contributed by atoms with Crippen molar-refractivity contribution in [3.05, 3.63) is 29.7 Å². The molecule has 0 unspecified atom stereocenters. The molecule has 2 aromatic heterocycles. The zero-order valence-electron chi connectivity index (χ0n) is 13.7. The van der Waals surface area contributed by atoms with Crippen molar-refractivity contribution in [2.45, 2.75) is 26.7 Å². The molecule has 1 N–H and O–H groups in total. The predicted molar refractivity (Wildman–Crippen MR) is 91.0 cm³/mol. The van der Waals surface area contributed by atoms with E-state index in [2.05, 4.69) is 29.0 Å². The van der Waals surface area contributed by atoms with Crippen LogP contribution in [0.25, 0.3) is 5.52 Å². The largest absolute Gasteiger partial charge is 0.357 e. The summed E-state index contributed by atoms with van der Waals surface area (Å²) in [7, 11) is 0. The third kappa shape index (κ3) is 2.05. The molecule has 7 heteroatoms. The van der Waals surface area contributed by atoms with Gasteiger partial charge in [0.1, 0.15) is 12.1 Å². The summed E-state index contributed by atoms with van der Waals surface area (Å²) < 4.78 is 2.00. The molecule has 6 nitrogen and oxygen atoms in total. The highest BCUT2D eigenvalue weighted by molar-refractivity contribution is 6.31. The highest BCUT2D eigenvalue weighted by Gasteiger charge is 2.58. The van der Waals surface area contributed by atoms with Crippen molar-refractivity contribution in [2.75, 3.05) is 18.0 Å². The van der Waals surface area contributed by atoms with Crippen molar-refractivity contribution >= 4 is 34.7 Å². The van der Waals surface area contributed by atoms with Gasteiger partial charge in [-0.3, -0.25) is 19.3 Å². The molecule has 0 aromatic carbocycles. The fraction of sp³-hybridized carbons (Fsp3) is 0.471. The minimum absolute atomic E-state index is 0.129. The van der Waals surface area contributed by atoms with Gasteiger partial charge in [-0.05, 0) is 24.0 Å². The van der Waals surface area contributed by atoms with Gasteiger partial charge in [0.25, 0.3) is 0 Å². The average Bonchev–Trinajstić information content (AvgIpc) is 3.06. The van der Waals surface area contributed by atoms with Crippen molar-refractivity contribution in [2.24, 2.45) is 10.8 Å². The fourth-order valence-electron chi connectivity index (χ4n) is 4.18. The monoisotopic (exact) mass is 346 g/mol. The number of aromatic nitrogens is 2. The van der Waals surface area contributed by atoms with Crippen LogP contribution < -0.4 is 10.2 Å². The molecular weight excluding hydrogens is 328 g/mol. The molecule has 2 amide bonds. The van der Waals surface area contributed by atoms with E-state index in [9.17, 15) is 9.59 Å². The molecule has 2 fully saturated rings. The van der Waals surface area contributed by atoms with Gasteiger partial charge in [-0.15, -0.1) is 0 Å². The Morgan fingerprint density at radius 3 is 2.75 bits per heavy atom. The summed E-state index contributed by atoms with van der Waals surface area (Å²) in [5.74, 6) is 0.667. The molecule has 0 aliphatic carbocycles. The maximum Gasteiger partial charge on any atom is 0.233 e. The van der Waals surface area contributed by atoms with Crippen molar-refractivity contribution in [3.63, 3.8) is 0 Å². The molecule has 24 heavy (non-hydrogen) atoms. The topological polar surface area (TPSA) is 66.7 Å². The van der Waals surface area contributed by atoms with Crippen LogP contribution in [0.1, 0.15) is 26.7 Å².